The summed E-state index contributed by atoms with van der Waals surface area (Å²) in [6, 6.07) is 3.82. The smallest absolute Gasteiger partial charge is 0.317 e. The van der Waals surface area contributed by atoms with E-state index in [1.807, 2.05) is 19.1 Å². The molecule has 1 aromatic rings. The molecule has 18 heavy (non-hydrogen) atoms. The minimum Gasteiger partial charge on any atom is -0.317 e. The predicted molar refractivity (Wildman–Crippen MR) is 68.4 cm³/mol. The van der Waals surface area contributed by atoms with E-state index >= 15 is 0 Å². The van der Waals surface area contributed by atoms with Gasteiger partial charge in [-0.15, -0.1) is 0 Å². The molecule has 0 unspecified atom stereocenters. The highest BCUT2D eigenvalue weighted by Crippen LogP contribution is 2.30. The van der Waals surface area contributed by atoms with Crippen molar-refractivity contribution in [1.29, 1.82) is 0 Å². The molecule has 1 aromatic carbocycles. The normalized spacial score (nSPS) is 12.3. The minimum atomic E-state index is -4.27. The second kappa shape index (κ2) is 6.59. The van der Waals surface area contributed by atoms with Crippen LogP contribution in [0.5, 0.6) is 0 Å². The molecule has 0 aromatic heterocycles. The lowest BCUT2D eigenvalue weighted by Gasteiger charge is -2.09. The lowest BCUT2D eigenvalue weighted by molar-refractivity contribution is -0.137. The van der Waals surface area contributed by atoms with Crippen LogP contribution in [0.15, 0.2) is 24.3 Å². The molecule has 4 heteroatoms. The second-order valence-corrected chi connectivity index (χ2v) is 4.11. The second-order valence-electron chi connectivity index (χ2n) is 4.11. The van der Waals surface area contributed by atoms with E-state index in [4.69, 9.17) is 0 Å². The molecule has 0 saturated heterocycles. The first kappa shape index (κ1) is 14.8. The molecule has 0 bridgehead atoms. The van der Waals surface area contributed by atoms with Crippen LogP contribution in [-0.2, 0) is 6.18 Å². The Morgan fingerprint density at radius 3 is 2.56 bits per heavy atom. The Kier molecular flexibility index (Phi) is 5.41. The van der Waals surface area contributed by atoms with Crippen LogP contribution in [0, 0.1) is 6.92 Å². The lowest BCUT2D eigenvalue weighted by Crippen LogP contribution is -2.12. The van der Waals surface area contributed by atoms with Gasteiger partial charge in [-0.2, -0.15) is 13.2 Å². The molecule has 100 valence electrons. The van der Waals surface area contributed by atoms with Crippen molar-refractivity contribution in [2.24, 2.45) is 0 Å². The molecule has 0 radical (unpaired) electrons. The molecular weight excluding hydrogens is 239 g/mol. The van der Waals surface area contributed by atoms with Crippen molar-refractivity contribution in [3.8, 4) is 0 Å². The molecule has 0 aliphatic rings. The lowest BCUT2D eigenvalue weighted by atomic mass is 10.0. The van der Waals surface area contributed by atoms with Crippen LogP contribution in [0.2, 0.25) is 0 Å². The summed E-state index contributed by atoms with van der Waals surface area (Å²) in [5, 5.41) is 3.18. The standard InChI is InChI=1S/C14H18F3N/c1-3-18-9-5-4-6-12-7-8-13(10-11(12)2)14(15,16)17/h4,6-8,10,18H,3,5,9H2,1-2H3/b6-4+. The summed E-state index contributed by atoms with van der Waals surface area (Å²) in [6.07, 6.45) is 0.442. The van der Waals surface area contributed by atoms with Crippen LogP contribution >= 0.6 is 0 Å². The molecular formula is C14H18F3N. The summed E-state index contributed by atoms with van der Waals surface area (Å²) < 4.78 is 37.4. The highest BCUT2D eigenvalue weighted by atomic mass is 19.4. The third kappa shape index (κ3) is 4.53. The quantitative estimate of drug-likeness (QED) is 0.785. The van der Waals surface area contributed by atoms with Gasteiger partial charge in [0.2, 0.25) is 0 Å². The van der Waals surface area contributed by atoms with Gasteiger partial charge in [0.25, 0.3) is 0 Å². The SMILES string of the molecule is CCNCC/C=C/c1ccc(C(F)(F)F)cc1C. The highest BCUT2D eigenvalue weighted by molar-refractivity contribution is 5.54. The van der Waals surface area contributed by atoms with Crippen molar-refractivity contribution in [3.05, 3.63) is 41.0 Å². The van der Waals surface area contributed by atoms with Gasteiger partial charge in [-0.3, -0.25) is 0 Å². The number of halogens is 3. The summed E-state index contributed by atoms with van der Waals surface area (Å²) in [7, 11) is 0. The molecule has 0 fully saturated rings. The summed E-state index contributed by atoms with van der Waals surface area (Å²) in [5.41, 5.74) is 0.883. The van der Waals surface area contributed by atoms with Crippen molar-refractivity contribution >= 4 is 6.08 Å². The maximum absolute atomic E-state index is 12.5. The van der Waals surface area contributed by atoms with Crippen LogP contribution < -0.4 is 5.32 Å². The van der Waals surface area contributed by atoms with Gasteiger partial charge in [-0.05, 0) is 49.7 Å². The van der Waals surface area contributed by atoms with E-state index in [0.717, 1.165) is 31.1 Å². The topological polar surface area (TPSA) is 12.0 Å². The first-order valence-electron chi connectivity index (χ1n) is 6.00. The maximum Gasteiger partial charge on any atom is 0.416 e. The monoisotopic (exact) mass is 257 g/mol. The van der Waals surface area contributed by atoms with Gasteiger partial charge in [0.15, 0.2) is 0 Å². The van der Waals surface area contributed by atoms with E-state index in [1.165, 1.54) is 12.1 Å². The summed E-state index contributed by atoms with van der Waals surface area (Å²) >= 11 is 0. The molecule has 0 aliphatic heterocycles. The Bertz CT molecular complexity index is 408. The van der Waals surface area contributed by atoms with Gasteiger partial charge in [-0.25, -0.2) is 0 Å². The molecule has 0 heterocycles. The molecule has 1 rings (SSSR count). The van der Waals surface area contributed by atoms with E-state index in [-0.39, 0.29) is 0 Å². The highest BCUT2D eigenvalue weighted by Gasteiger charge is 2.30. The van der Waals surface area contributed by atoms with Crippen LogP contribution in [0.25, 0.3) is 6.08 Å². The largest absolute Gasteiger partial charge is 0.416 e. The summed E-state index contributed by atoms with van der Waals surface area (Å²) in [5.74, 6) is 0. The van der Waals surface area contributed by atoms with Crippen LogP contribution in [0.1, 0.15) is 30.0 Å². The molecule has 0 saturated carbocycles. The van der Waals surface area contributed by atoms with Crippen LogP contribution in [-0.4, -0.2) is 13.1 Å². The average molecular weight is 257 g/mol. The van der Waals surface area contributed by atoms with Crippen molar-refractivity contribution in [2.75, 3.05) is 13.1 Å². The molecule has 1 nitrogen and oxygen atoms in total. The van der Waals surface area contributed by atoms with Gasteiger partial charge < -0.3 is 5.32 Å². The van der Waals surface area contributed by atoms with E-state index in [0.29, 0.717) is 5.56 Å². The van der Waals surface area contributed by atoms with E-state index in [1.54, 1.807) is 6.92 Å². The van der Waals surface area contributed by atoms with Gasteiger partial charge in [0.05, 0.1) is 5.56 Å². The Hall–Kier alpha value is -1.29. The van der Waals surface area contributed by atoms with E-state index in [2.05, 4.69) is 5.32 Å². The van der Waals surface area contributed by atoms with Crippen LogP contribution in [0.4, 0.5) is 13.2 Å². The predicted octanol–water partition coefficient (Wildman–Crippen LogP) is 4.03. The average Bonchev–Trinajstić information content (AvgIpc) is 2.29. The van der Waals surface area contributed by atoms with Crippen molar-refractivity contribution < 1.29 is 13.2 Å². The number of hydrogen-bond acceptors (Lipinski definition) is 1. The fourth-order valence-electron chi connectivity index (χ4n) is 1.61. The number of rotatable bonds is 5. The first-order chi connectivity index (χ1) is 8.45. The van der Waals surface area contributed by atoms with Gasteiger partial charge in [0.1, 0.15) is 0 Å². The Morgan fingerprint density at radius 2 is 2.00 bits per heavy atom. The van der Waals surface area contributed by atoms with E-state index < -0.39 is 11.7 Å². The Morgan fingerprint density at radius 1 is 1.28 bits per heavy atom. The molecule has 0 spiro atoms. The zero-order valence-electron chi connectivity index (χ0n) is 10.6. The number of nitrogens with one attached hydrogen (secondary N) is 1. The first-order valence-corrected chi connectivity index (χ1v) is 6.00. The zero-order valence-corrected chi connectivity index (χ0v) is 10.6. The Labute approximate surface area is 106 Å². The molecule has 0 aliphatic carbocycles. The summed E-state index contributed by atoms with van der Waals surface area (Å²) in [4.78, 5) is 0. The fourth-order valence-corrected chi connectivity index (χ4v) is 1.61. The fraction of sp³-hybridized carbons (Fsp3) is 0.429. The third-order valence-corrected chi connectivity index (χ3v) is 2.63. The van der Waals surface area contributed by atoms with Gasteiger partial charge in [0, 0.05) is 0 Å². The number of alkyl halides is 3. The van der Waals surface area contributed by atoms with Crippen LogP contribution in [0.3, 0.4) is 0 Å². The third-order valence-electron chi connectivity index (χ3n) is 2.63. The van der Waals surface area contributed by atoms with Crippen molar-refractivity contribution in [1.82, 2.24) is 5.32 Å². The van der Waals surface area contributed by atoms with Crippen molar-refractivity contribution in [3.63, 3.8) is 0 Å². The van der Waals surface area contributed by atoms with Gasteiger partial charge in [-0.1, -0.05) is 25.1 Å². The number of benzene rings is 1. The minimum absolute atomic E-state index is 0.593. The van der Waals surface area contributed by atoms with E-state index in [9.17, 15) is 13.2 Å². The molecule has 0 amide bonds. The molecule has 1 N–H and O–H groups in total. The Balaban J connectivity index is 2.68. The maximum atomic E-state index is 12.5. The zero-order chi connectivity index (χ0) is 13.6. The summed E-state index contributed by atoms with van der Waals surface area (Å²) in [6.45, 7) is 5.53. The molecule has 0 atom stereocenters. The number of aryl methyl sites for hydroxylation is 1. The van der Waals surface area contributed by atoms with Crippen molar-refractivity contribution in [2.45, 2.75) is 26.4 Å². The van der Waals surface area contributed by atoms with Gasteiger partial charge >= 0.3 is 6.18 Å². The number of hydrogen-bond donors (Lipinski definition) is 1.